The second-order valence-corrected chi connectivity index (χ2v) is 7.88. The largest absolute Gasteiger partial charge is 0.506 e. The van der Waals surface area contributed by atoms with Gasteiger partial charge in [0.05, 0.1) is 5.39 Å². The van der Waals surface area contributed by atoms with Gasteiger partial charge in [-0.05, 0) is 35.6 Å². The second kappa shape index (κ2) is 8.20. The predicted octanol–water partition coefficient (Wildman–Crippen LogP) is 4.41. The lowest BCUT2D eigenvalue weighted by molar-refractivity contribution is 0.0415. The highest BCUT2D eigenvalue weighted by atomic mass is 32.1. The highest BCUT2D eigenvalue weighted by Crippen LogP contribution is 2.32. The van der Waals surface area contributed by atoms with Crippen LogP contribution in [-0.4, -0.2) is 40.4 Å². The van der Waals surface area contributed by atoms with Crippen LogP contribution in [0.1, 0.15) is 24.0 Å². The first-order chi connectivity index (χ1) is 14.0. The van der Waals surface area contributed by atoms with Crippen LogP contribution in [0.5, 0.6) is 0 Å². The highest BCUT2D eigenvalue weighted by molar-refractivity contribution is 7.17. The van der Waals surface area contributed by atoms with E-state index < -0.39 is 6.16 Å². The number of fused-ring (bicyclic) bond motifs is 1. The summed E-state index contributed by atoms with van der Waals surface area (Å²) >= 11 is 1.57. The van der Waals surface area contributed by atoms with Crippen LogP contribution < -0.4 is 10.2 Å². The van der Waals surface area contributed by atoms with Crippen LogP contribution in [-0.2, 0) is 11.3 Å². The summed E-state index contributed by atoms with van der Waals surface area (Å²) < 4.78 is 18.0. The third kappa shape index (κ3) is 4.40. The molecule has 1 fully saturated rings. The van der Waals surface area contributed by atoms with Crippen molar-refractivity contribution in [3.8, 4) is 0 Å². The quantitative estimate of drug-likeness (QED) is 0.596. The first kappa shape index (κ1) is 19.4. The first-order valence-corrected chi connectivity index (χ1v) is 10.3. The van der Waals surface area contributed by atoms with Gasteiger partial charge in [0, 0.05) is 32.5 Å². The van der Waals surface area contributed by atoms with Crippen molar-refractivity contribution in [2.45, 2.75) is 32.4 Å². The molecule has 3 aromatic rings. The van der Waals surface area contributed by atoms with Crippen LogP contribution in [0.15, 0.2) is 29.6 Å². The van der Waals surface area contributed by atoms with Crippen molar-refractivity contribution in [1.29, 1.82) is 0 Å². The average Bonchev–Trinajstić information content (AvgIpc) is 3.08. The summed E-state index contributed by atoms with van der Waals surface area (Å²) in [5.74, 6) is 1.11. The number of rotatable bonds is 5. The molecule has 0 aliphatic carbocycles. The summed E-state index contributed by atoms with van der Waals surface area (Å²) in [6.45, 7) is 3.81. The van der Waals surface area contributed by atoms with E-state index in [1.54, 1.807) is 23.5 Å². The van der Waals surface area contributed by atoms with Crippen molar-refractivity contribution in [2.24, 2.45) is 0 Å². The number of aryl methyl sites for hydroxylation is 1. The Morgan fingerprint density at radius 1 is 1.31 bits per heavy atom. The van der Waals surface area contributed by atoms with Gasteiger partial charge in [0.25, 0.3) is 0 Å². The first-order valence-electron chi connectivity index (χ1n) is 9.38. The van der Waals surface area contributed by atoms with Crippen molar-refractivity contribution in [2.75, 3.05) is 23.3 Å². The maximum Gasteiger partial charge on any atom is 0.506 e. The normalized spacial score (nSPS) is 14.9. The van der Waals surface area contributed by atoms with Gasteiger partial charge in [0.1, 0.15) is 22.6 Å². The topological polar surface area (TPSA) is 87.6 Å². The fourth-order valence-electron chi connectivity index (χ4n) is 3.45. The lowest BCUT2D eigenvalue weighted by Crippen LogP contribution is -2.38. The van der Waals surface area contributed by atoms with Gasteiger partial charge in [-0.3, -0.25) is 0 Å². The van der Waals surface area contributed by atoms with Crippen LogP contribution in [0.4, 0.5) is 21.0 Å². The molecule has 0 saturated carbocycles. The fraction of sp³-hybridized carbons (Fsp3) is 0.350. The molecule has 3 heterocycles. The van der Waals surface area contributed by atoms with Gasteiger partial charge in [-0.2, -0.15) is 4.98 Å². The Balaban J connectivity index is 1.55. The van der Waals surface area contributed by atoms with Crippen LogP contribution in [0.3, 0.4) is 0 Å². The maximum absolute atomic E-state index is 13.1. The Kier molecular flexibility index (Phi) is 5.48. The number of thiophene rings is 1. The van der Waals surface area contributed by atoms with E-state index in [2.05, 4.69) is 15.6 Å². The SMILES string of the molecule is Cc1csc2nc(N3CCC(OC(=O)O)CC3)nc(NCc3ccc(F)cc3)c12. The molecule has 1 aromatic carbocycles. The standard InChI is InChI=1S/C20H21FN4O3S/c1-12-11-29-18-16(12)17(22-10-13-2-4-14(21)5-3-13)23-19(24-18)25-8-6-15(7-9-25)28-20(26)27/h2-5,11,15H,6-10H2,1H3,(H,26,27)(H,22,23,24). The Labute approximate surface area is 171 Å². The molecule has 0 amide bonds. The van der Waals surface area contributed by atoms with Gasteiger partial charge in [0.15, 0.2) is 0 Å². The molecule has 0 radical (unpaired) electrons. The molecule has 0 unspecified atom stereocenters. The van der Waals surface area contributed by atoms with Gasteiger partial charge in [-0.25, -0.2) is 14.2 Å². The number of halogens is 1. The van der Waals surface area contributed by atoms with E-state index in [-0.39, 0.29) is 11.9 Å². The zero-order valence-electron chi connectivity index (χ0n) is 15.9. The van der Waals surface area contributed by atoms with E-state index >= 15 is 0 Å². The Morgan fingerprint density at radius 3 is 2.72 bits per heavy atom. The van der Waals surface area contributed by atoms with E-state index in [0.717, 1.165) is 27.2 Å². The number of nitrogens with zero attached hydrogens (tertiary/aromatic N) is 3. The van der Waals surface area contributed by atoms with Crippen LogP contribution in [0.25, 0.3) is 10.2 Å². The summed E-state index contributed by atoms with van der Waals surface area (Å²) in [7, 11) is 0. The fourth-order valence-corrected chi connectivity index (χ4v) is 4.36. The molecular formula is C20H21FN4O3S. The molecule has 1 aliphatic rings. The van der Waals surface area contributed by atoms with Crippen molar-refractivity contribution in [3.05, 3.63) is 46.6 Å². The Morgan fingerprint density at radius 2 is 2.03 bits per heavy atom. The van der Waals surface area contributed by atoms with Crippen molar-refractivity contribution in [3.63, 3.8) is 0 Å². The molecule has 0 atom stereocenters. The average molecular weight is 416 g/mol. The van der Waals surface area contributed by atoms with Crippen LogP contribution in [0, 0.1) is 12.7 Å². The van der Waals surface area contributed by atoms with Crippen LogP contribution in [0.2, 0.25) is 0 Å². The summed E-state index contributed by atoms with van der Waals surface area (Å²) in [6, 6.07) is 6.37. The number of carboxylic acid groups (broad SMARTS) is 1. The zero-order valence-corrected chi connectivity index (χ0v) is 16.7. The molecule has 9 heteroatoms. The second-order valence-electron chi connectivity index (χ2n) is 7.02. The van der Waals surface area contributed by atoms with Gasteiger partial charge < -0.3 is 20.1 Å². The Bertz CT molecular complexity index is 1020. The number of hydrogen-bond donors (Lipinski definition) is 2. The van der Waals surface area contributed by atoms with Crippen molar-refractivity contribution < 1.29 is 19.0 Å². The summed E-state index contributed by atoms with van der Waals surface area (Å²) in [5.41, 5.74) is 2.06. The lowest BCUT2D eigenvalue weighted by atomic mass is 10.1. The molecule has 0 spiro atoms. The summed E-state index contributed by atoms with van der Waals surface area (Å²) in [6.07, 6.45) is -0.305. The lowest BCUT2D eigenvalue weighted by Gasteiger charge is -2.31. The number of anilines is 2. The number of carbonyl (C=O) groups is 1. The number of benzene rings is 1. The molecule has 4 rings (SSSR count). The molecule has 7 nitrogen and oxygen atoms in total. The number of ether oxygens (including phenoxy) is 1. The third-order valence-electron chi connectivity index (χ3n) is 4.97. The van der Waals surface area contributed by atoms with E-state index in [1.165, 1.54) is 12.1 Å². The molecule has 2 aromatic heterocycles. The third-order valence-corrected chi connectivity index (χ3v) is 5.96. The minimum atomic E-state index is -1.23. The zero-order chi connectivity index (χ0) is 20.4. The van der Waals surface area contributed by atoms with Gasteiger partial charge in [-0.1, -0.05) is 12.1 Å². The van der Waals surface area contributed by atoms with Crippen molar-refractivity contribution >= 4 is 39.5 Å². The molecule has 1 aliphatic heterocycles. The summed E-state index contributed by atoms with van der Waals surface area (Å²) in [4.78, 5) is 23.2. The molecule has 2 N–H and O–H groups in total. The van der Waals surface area contributed by atoms with Gasteiger partial charge in [-0.15, -0.1) is 11.3 Å². The number of nitrogens with one attached hydrogen (secondary N) is 1. The van der Waals surface area contributed by atoms with E-state index in [0.29, 0.717) is 38.4 Å². The predicted molar refractivity (Wildman–Crippen MR) is 110 cm³/mol. The molecule has 0 bridgehead atoms. The molecule has 1 saturated heterocycles. The van der Waals surface area contributed by atoms with Crippen molar-refractivity contribution in [1.82, 2.24) is 9.97 Å². The molecular weight excluding hydrogens is 395 g/mol. The van der Waals surface area contributed by atoms with Gasteiger partial charge >= 0.3 is 6.16 Å². The van der Waals surface area contributed by atoms with Crippen LogP contribution >= 0.6 is 11.3 Å². The smallest absolute Gasteiger partial charge is 0.450 e. The number of piperidine rings is 1. The maximum atomic E-state index is 13.1. The monoisotopic (exact) mass is 416 g/mol. The Hall–Kier alpha value is -2.94. The minimum Gasteiger partial charge on any atom is -0.450 e. The minimum absolute atomic E-state index is 0.260. The van der Waals surface area contributed by atoms with Gasteiger partial charge in [0.2, 0.25) is 5.95 Å². The summed E-state index contributed by atoms with van der Waals surface area (Å²) in [5, 5.41) is 15.2. The van der Waals surface area contributed by atoms with E-state index in [1.807, 2.05) is 6.92 Å². The van der Waals surface area contributed by atoms with E-state index in [4.69, 9.17) is 19.8 Å². The molecule has 152 valence electrons. The number of aromatic nitrogens is 2. The molecule has 29 heavy (non-hydrogen) atoms. The van der Waals surface area contributed by atoms with E-state index in [9.17, 15) is 9.18 Å². The highest BCUT2D eigenvalue weighted by Gasteiger charge is 2.25. The number of hydrogen-bond acceptors (Lipinski definition) is 7.